The zero-order valence-corrected chi connectivity index (χ0v) is 8.38. The van der Waals surface area contributed by atoms with E-state index in [2.05, 4.69) is 0 Å². The van der Waals surface area contributed by atoms with Crippen LogP contribution in [0.2, 0.25) is 0 Å². The van der Waals surface area contributed by atoms with Crippen LogP contribution < -0.4 is 5.73 Å². The van der Waals surface area contributed by atoms with Gasteiger partial charge in [-0.15, -0.1) is 0 Å². The molecule has 0 heterocycles. The van der Waals surface area contributed by atoms with Crippen molar-refractivity contribution in [3.05, 3.63) is 0 Å². The number of amides is 2. The van der Waals surface area contributed by atoms with E-state index >= 15 is 0 Å². The van der Waals surface area contributed by atoms with Gasteiger partial charge >= 0.3 is 0 Å². The molecular weight excluding hydrogens is 168 g/mol. The molecule has 0 saturated carbocycles. The average molecular weight is 186 g/mol. The maximum atomic E-state index is 10.9. The largest absolute Gasteiger partial charge is 0.370 e. The molecule has 0 aromatic carbocycles. The molecule has 0 saturated heterocycles. The van der Waals surface area contributed by atoms with Gasteiger partial charge in [0.15, 0.2) is 0 Å². The summed E-state index contributed by atoms with van der Waals surface area (Å²) in [4.78, 5) is 23.1. The van der Waals surface area contributed by atoms with Crippen molar-refractivity contribution in [1.29, 1.82) is 0 Å². The monoisotopic (exact) mass is 186 g/mol. The van der Waals surface area contributed by atoms with Gasteiger partial charge in [-0.3, -0.25) is 9.59 Å². The first-order chi connectivity index (χ1) is 6.07. The average Bonchev–Trinajstić information content (AvgIpc) is 2.03. The quantitative estimate of drug-likeness (QED) is 0.614. The molecule has 0 radical (unpaired) electrons. The number of hydrogen-bond donors (Lipinski definition) is 1. The molecule has 0 aromatic rings. The third kappa shape index (κ3) is 6.13. The highest BCUT2D eigenvalue weighted by Crippen LogP contribution is 1.98. The summed E-state index contributed by atoms with van der Waals surface area (Å²) in [5.41, 5.74) is 4.98. The number of carbonyl (C=O) groups excluding carboxylic acids is 2. The van der Waals surface area contributed by atoms with Crippen molar-refractivity contribution < 1.29 is 9.59 Å². The standard InChI is InChI=1S/C9H18N2O2/c1-3-11(8(2)12)7-5-4-6-9(10)13/h3-7H2,1-2H3,(H2,10,13). The molecule has 2 N–H and O–H groups in total. The number of nitrogens with two attached hydrogens (primary N) is 1. The molecule has 0 aliphatic carbocycles. The van der Waals surface area contributed by atoms with E-state index in [0.717, 1.165) is 25.9 Å². The Bertz CT molecular complexity index is 180. The Labute approximate surface area is 79.1 Å². The van der Waals surface area contributed by atoms with Crippen molar-refractivity contribution >= 4 is 11.8 Å². The van der Waals surface area contributed by atoms with E-state index in [1.54, 1.807) is 11.8 Å². The fourth-order valence-corrected chi connectivity index (χ4v) is 1.14. The van der Waals surface area contributed by atoms with Gasteiger partial charge in [-0.25, -0.2) is 0 Å². The normalized spacial score (nSPS) is 9.69. The topological polar surface area (TPSA) is 63.4 Å². The maximum Gasteiger partial charge on any atom is 0.219 e. The minimum absolute atomic E-state index is 0.0848. The molecule has 0 aliphatic heterocycles. The van der Waals surface area contributed by atoms with Gasteiger partial charge in [0.1, 0.15) is 0 Å². The molecular formula is C9H18N2O2. The SMILES string of the molecule is CCN(CCCCC(N)=O)C(C)=O. The van der Waals surface area contributed by atoms with E-state index in [4.69, 9.17) is 5.73 Å². The van der Waals surface area contributed by atoms with Crippen LogP contribution in [0.25, 0.3) is 0 Å². The smallest absolute Gasteiger partial charge is 0.219 e. The first-order valence-corrected chi connectivity index (χ1v) is 4.61. The lowest BCUT2D eigenvalue weighted by atomic mass is 10.2. The lowest BCUT2D eigenvalue weighted by Gasteiger charge is -2.18. The van der Waals surface area contributed by atoms with Crippen molar-refractivity contribution in [2.45, 2.75) is 33.1 Å². The summed E-state index contributed by atoms with van der Waals surface area (Å²) < 4.78 is 0. The van der Waals surface area contributed by atoms with Crippen molar-refractivity contribution in [1.82, 2.24) is 4.90 Å². The summed E-state index contributed by atoms with van der Waals surface area (Å²) in [5, 5.41) is 0. The summed E-state index contributed by atoms with van der Waals surface area (Å²) in [6.45, 7) is 4.94. The fourth-order valence-electron chi connectivity index (χ4n) is 1.14. The lowest BCUT2D eigenvalue weighted by Crippen LogP contribution is -2.29. The van der Waals surface area contributed by atoms with Crippen molar-refractivity contribution in [2.24, 2.45) is 5.73 Å². The summed E-state index contributed by atoms with van der Waals surface area (Å²) in [6, 6.07) is 0. The van der Waals surface area contributed by atoms with E-state index < -0.39 is 0 Å². The van der Waals surface area contributed by atoms with Crippen LogP contribution in [0.4, 0.5) is 0 Å². The van der Waals surface area contributed by atoms with Crippen LogP contribution in [0.15, 0.2) is 0 Å². The first kappa shape index (κ1) is 11.9. The number of nitrogens with zero attached hydrogens (tertiary/aromatic N) is 1. The van der Waals surface area contributed by atoms with Crippen molar-refractivity contribution in [2.75, 3.05) is 13.1 Å². The molecule has 0 atom stereocenters. The minimum atomic E-state index is -0.272. The second kappa shape index (κ2) is 6.46. The zero-order chi connectivity index (χ0) is 10.3. The van der Waals surface area contributed by atoms with Gasteiger partial charge in [0.05, 0.1) is 0 Å². The maximum absolute atomic E-state index is 10.9. The number of carbonyl (C=O) groups is 2. The predicted molar refractivity (Wildman–Crippen MR) is 51.0 cm³/mol. The first-order valence-electron chi connectivity index (χ1n) is 4.61. The van der Waals surface area contributed by atoms with Crippen molar-refractivity contribution in [3.63, 3.8) is 0 Å². The fraction of sp³-hybridized carbons (Fsp3) is 0.778. The lowest BCUT2D eigenvalue weighted by molar-refractivity contribution is -0.128. The Hall–Kier alpha value is -1.06. The Kier molecular flexibility index (Phi) is 5.93. The Balaban J connectivity index is 3.50. The van der Waals surface area contributed by atoms with Gasteiger partial charge in [0.2, 0.25) is 11.8 Å². The van der Waals surface area contributed by atoms with E-state index in [-0.39, 0.29) is 11.8 Å². The summed E-state index contributed by atoms with van der Waals surface area (Å²) in [6.07, 6.45) is 2.02. The van der Waals surface area contributed by atoms with Crippen LogP contribution in [0, 0.1) is 0 Å². The summed E-state index contributed by atoms with van der Waals surface area (Å²) in [5.74, 6) is -0.188. The molecule has 4 heteroatoms. The van der Waals surface area contributed by atoms with E-state index in [9.17, 15) is 9.59 Å². The minimum Gasteiger partial charge on any atom is -0.370 e. The number of hydrogen-bond acceptors (Lipinski definition) is 2. The summed E-state index contributed by atoms with van der Waals surface area (Å²) >= 11 is 0. The van der Waals surface area contributed by atoms with Crippen LogP contribution in [0.3, 0.4) is 0 Å². The number of primary amides is 1. The molecule has 0 aliphatic rings. The highest BCUT2D eigenvalue weighted by molar-refractivity contribution is 5.74. The third-order valence-corrected chi connectivity index (χ3v) is 1.93. The number of rotatable bonds is 6. The summed E-state index contributed by atoms with van der Waals surface area (Å²) in [7, 11) is 0. The van der Waals surface area contributed by atoms with Gasteiger partial charge in [-0.1, -0.05) is 0 Å². The second-order valence-corrected chi connectivity index (χ2v) is 3.02. The molecule has 0 fully saturated rings. The Morgan fingerprint density at radius 1 is 1.31 bits per heavy atom. The molecule has 2 amide bonds. The van der Waals surface area contributed by atoms with E-state index in [1.807, 2.05) is 6.92 Å². The van der Waals surface area contributed by atoms with Gasteiger partial charge in [0, 0.05) is 26.4 Å². The Morgan fingerprint density at radius 3 is 2.31 bits per heavy atom. The van der Waals surface area contributed by atoms with Gasteiger partial charge in [-0.05, 0) is 19.8 Å². The van der Waals surface area contributed by atoms with Crippen LogP contribution in [0.5, 0.6) is 0 Å². The highest BCUT2D eigenvalue weighted by atomic mass is 16.2. The van der Waals surface area contributed by atoms with Crippen LogP contribution >= 0.6 is 0 Å². The third-order valence-electron chi connectivity index (χ3n) is 1.93. The zero-order valence-electron chi connectivity index (χ0n) is 8.38. The number of unbranched alkanes of at least 4 members (excludes halogenated alkanes) is 1. The molecule has 13 heavy (non-hydrogen) atoms. The molecule has 0 aromatic heterocycles. The Morgan fingerprint density at radius 2 is 1.92 bits per heavy atom. The molecule has 76 valence electrons. The molecule has 4 nitrogen and oxygen atoms in total. The molecule has 0 rings (SSSR count). The molecule has 0 spiro atoms. The van der Waals surface area contributed by atoms with E-state index in [1.165, 1.54) is 0 Å². The van der Waals surface area contributed by atoms with E-state index in [0.29, 0.717) is 6.42 Å². The van der Waals surface area contributed by atoms with Gasteiger partial charge < -0.3 is 10.6 Å². The van der Waals surface area contributed by atoms with Crippen LogP contribution in [-0.4, -0.2) is 29.8 Å². The van der Waals surface area contributed by atoms with Crippen LogP contribution in [-0.2, 0) is 9.59 Å². The predicted octanol–water partition coefficient (Wildman–Crippen LogP) is 0.510. The van der Waals surface area contributed by atoms with Gasteiger partial charge in [0.25, 0.3) is 0 Å². The van der Waals surface area contributed by atoms with Crippen LogP contribution in [0.1, 0.15) is 33.1 Å². The second-order valence-electron chi connectivity index (χ2n) is 3.02. The van der Waals surface area contributed by atoms with Gasteiger partial charge in [-0.2, -0.15) is 0 Å². The van der Waals surface area contributed by atoms with Crippen molar-refractivity contribution in [3.8, 4) is 0 Å². The highest BCUT2D eigenvalue weighted by Gasteiger charge is 2.04. The molecule has 0 bridgehead atoms. The molecule has 0 unspecified atom stereocenters.